The minimum Gasteiger partial charge on any atom is -0.481 e. The largest absolute Gasteiger partial charge is 0.481 e. The molecule has 26 heavy (non-hydrogen) atoms. The van der Waals surface area contributed by atoms with E-state index >= 15 is 0 Å². The monoisotopic (exact) mass is 386 g/mol. The molecule has 1 amide bonds. The van der Waals surface area contributed by atoms with E-state index in [0.717, 1.165) is 5.56 Å². The van der Waals surface area contributed by atoms with Gasteiger partial charge in [-0.25, -0.2) is 4.98 Å². The quantitative estimate of drug-likeness (QED) is 0.669. The van der Waals surface area contributed by atoms with Gasteiger partial charge >= 0.3 is 5.97 Å². The smallest absolute Gasteiger partial charge is 0.312 e. The molecule has 132 valence electrons. The number of aliphatic carboxylic acids is 1. The van der Waals surface area contributed by atoms with Gasteiger partial charge in [0, 0.05) is 17.5 Å². The van der Waals surface area contributed by atoms with E-state index in [1.807, 2.05) is 24.3 Å². The number of hydrogen-bond donors (Lipinski definition) is 2. The van der Waals surface area contributed by atoms with Gasteiger partial charge in [-0.2, -0.15) is 0 Å². The Hall–Kier alpha value is -2.70. The summed E-state index contributed by atoms with van der Waals surface area (Å²) < 4.78 is 0. The molecular formula is C19H15ClN2O3S. The molecule has 3 aromatic rings. The molecule has 1 aromatic heterocycles. The lowest BCUT2D eigenvalue weighted by atomic mass is 9.99. The van der Waals surface area contributed by atoms with Crippen molar-refractivity contribution in [2.24, 2.45) is 0 Å². The highest BCUT2D eigenvalue weighted by atomic mass is 35.5. The van der Waals surface area contributed by atoms with Crippen LogP contribution < -0.4 is 5.32 Å². The van der Waals surface area contributed by atoms with E-state index in [0.29, 0.717) is 15.6 Å². The first-order valence-corrected chi connectivity index (χ1v) is 9.08. The van der Waals surface area contributed by atoms with Crippen molar-refractivity contribution in [3.63, 3.8) is 0 Å². The van der Waals surface area contributed by atoms with Gasteiger partial charge in [-0.1, -0.05) is 60.1 Å². The molecule has 3 rings (SSSR count). The number of hydrogen-bond acceptors (Lipinski definition) is 4. The van der Waals surface area contributed by atoms with Crippen LogP contribution in [-0.2, 0) is 4.79 Å². The molecule has 5 nitrogen and oxygen atoms in total. The van der Waals surface area contributed by atoms with Crippen LogP contribution in [0.15, 0.2) is 60.0 Å². The molecule has 0 saturated carbocycles. The summed E-state index contributed by atoms with van der Waals surface area (Å²) in [5.74, 6) is -2.23. The van der Waals surface area contributed by atoms with Crippen LogP contribution in [0.1, 0.15) is 22.0 Å². The van der Waals surface area contributed by atoms with Gasteiger partial charge in [-0.05, 0) is 11.6 Å². The fourth-order valence-electron chi connectivity index (χ4n) is 2.45. The fourth-order valence-corrected chi connectivity index (χ4v) is 3.58. The molecule has 0 fully saturated rings. The van der Waals surface area contributed by atoms with E-state index in [1.165, 1.54) is 11.3 Å². The Labute approximate surface area is 159 Å². The van der Waals surface area contributed by atoms with Crippen molar-refractivity contribution >= 4 is 34.8 Å². The van der Waals surface area contributed by atoms with Crippen molar-refractivity contribution in [1.82, 2.24) is 10.3 Å². The molecule has 1 unspecified atom stereocenters. The van der Waals surface area contributed by atoms with Crippen molar-refractivity contribution in [1.29, 1.82) is 0 Å². The molecular weight excluding hydrogens is 372 g/mol. The second-order valence-corrected chi connectivity index (χ2v) is 6.79. The summed E-state index contributed by atoms with van der Waals surface area (Å²) in [6.07, 6.45) is 0. The van der Waals surface area contributed by atoms with Gasteiger partial charge < -0.3 is 10.4 Å². The second kappa shape index (κ2) is 8.12. The predicted molar refractivity (Wildman–Crippen MR) is 102 cm³/mol. The van der Waals surface area contributed by atoms with Gasteiger partial charge in [-0.15, -0.1) is 11.3 Å². The zero-order valence-electron chi connectivity index (χ0n) is 13.6. The van der Waals surface area contributed by atoms with Gasteiger partial charge in [0.05, 0.1) is 10.9 Å². The van der Waals surface area contributed by atoms with E-state index < -0.39 is 17.8 Å². The standard InChI is InChI=1S/C19H15ClN2O3S/c20-15-9-5-4-8-13(15)18-22-16(11-26-18)17(23)21-10-14(19(24)25)12-6-2-1-3-7-12/h1-9,11,14H,10H2,(H,21,23)(H,24,25). The van der Waals surface area contributed by atoms with Crippen LogP contribution >= 0.6 is 22.9 Å². The Morgan fingerprint density at radius 3 is 2.50 bits per heavy atom. The molecule has 0 aliphatic heterocycles. The third-order valence-corrected chi connectivity index (χ3v) is 5.01. The number of rotatable bonds is 6. The van der Waals surface area contributed by atoms with Crippen LogP contribution in [0.2, 0.25) is 5.02 Å². The second-order valence-electron chi connectivity index (χ2n) is 5.53. The van der Waals surface area contributed by atoms with Gasteiger partial charge in [0.2, 0.25) is 0 Å². The maximum atomic E-state index is 12.3. The number of benzene rings is 2. The highest BCUT2D eigenvalue weighted by molar-refractivity contribution is 7.13. The average molecular weight is 387 g/mol. The lowest BCUT2D eigenvalue weighted by Gasteiger charge is -2.13. The highest BCUT2D eigenvalue weighted by Crippen LogP contribution is 2.30. The number of carbonyl (C=O) groups is 2. The first-order valence-electron chi connectivity index (χ1n) is 7.82. The summed E-state index contributed by atoms with van der Waals surface area (Å²) >= 11 is 7.46. The molecule has 7 heteroatoms. The Kier molecular flexibility index (Phi) is 5.65. The fraction of sp³-hybridized carbons (Fsp3) is 0.105. The van der Waals surface area contributed by atoms with Crippen molar-refractivity contribution in [2.75, 3.05) is 6.54 Å². The van der Waals surface area contributed by atoms with Gasteiger partial charge in [0.25, 0.3) is 5.91 Å². The summed E-state index contributed by atoms with van der Waals surface area (Å²) in [7, 11) is 0. The molecule has 0 bridgehead atoms. The van der Waals surface area contributed by atoms with Crippen LogP contribution in [0.5, 0.6) is 0 Å². The van der Waals surface area contributed by atoms with E-state index in [9.17, 15) is 14.7 Å². The molecule has 1 atom stereocenters. The first-order chi connectivity index (χ1) is 12.6. The van der Waals surface area contributed by atoms with Crippen molar-refractivity contribution in [3.05, 3.63) is 76.3 Å². The number of halogens is 1. The Balaban J connectivity index is 1.71. The third-order valence-electron chi connectivity index (χ3n) is 3.81. The van der Waals surface area contributed by atoms with E-state index in [2.05, 4.69) is 10.3 Å². The third kappa shape index (κ3) is 4.09. The van der Waals surface area contributed by atoms with Crippen LogP contribution in [0.3, 0.4) is 0 Å². The molecule has 0 aliphatic carbocycles. The average Bonchev–Trinajstić information content (AvgIpc) is 3.13. The molecule has 0 spiro atoms. The molecule has 1 heterocycles. The molecule has 0 saturated heterocycles. The Bertz CT molecular complexity index is 927. The number of thiazole rings is 1. The zero-order chi connectivity index (χ0) is 18.5. The maximum Gasteiger partial charge on any atom is 0.312 e. The van der Waals surface area contributed by atoms with Crippen LogP contribution in [-0.4, -0.2) is 28.5 Å². The number of aromatic nitrogens is 1. The number of carbonyl (C=O) groups excluding carboxylic acids is 1. The van der Waals surface area contributed by atoms with E-state index in [4.69, 9.17) is 11.6 Å². The number of nitrogens with zero attached hydrogens (tertiary/aromatic N) is 1. The summed E-state index contributed by atoms with van der Waals surface area (Å²) in [6.45, 7) is -0.0167. The van der Waals surface area contributed by atoms with Crippen molar-refractivity contribution in [2.45, 2.75) is 5.92 Å². The lowest BCUT2D eigenvalue weighted by Crippen LogP contribution is -2.31. The summed E-state index contributed by atoms with van der Waals surface area (Å²) in [5.41, 5.74) is 1.63. The number of carboxylic acids is 1. The maximum absolute atomic E-state index is 12.3. The summed E-state index contributed by atoms with van der Waals surface area (Å²) in [5, 5.41) is 14.9. The molecule has 2 N–H and O–H groups in total. The number of amides is 1. The van der Waals surface area contributed by atoms with Crippen LogP contribution in [0, 0.1) is 0 Å². The molecule has 2 aromatic carbocycles. The summed E-state index contributed by atoms with van der Waals surface area (Å²) in [4.78, 5) is 28.1. The minimum atomic E-state index is -0.994. The topological polar surface area (TPSA) is 79.3 Å². The molecule has 0 aliphatic rings. The number of carboxylic acid groups (broad SMARTS) is 1. The van der Waals surface area contributed by atoms with Crippen LogP contribution in [0.4, 0.5) is 0 Å². The van der Waals surface area contributed by atoms with E-state index in [1.54, 1.807) is 35.7 Å². The SMILES string of the molecule is O=C(NCC(C(=O)O)c1ccccc1)c1csc(-c2ccccc2Cl)n1. The van der Waals surface area contributed by atoms with Crippen molar-refractivity contribution < 1.29 is 14.7 Å². The van der Waals surface area contributed by atoms with Crippen LogP contribution in [0.25, 0.3) is 10.6 Å². The van der Waals surface area contributed by atoms with E-state index in [-0.39, 0.29) is 12.2 Å². The predicted octanol–water partition coefficient (Wildman–Crippen LogP) is 4.06. The van der Waals surface area contributed by atoms with Gasteiger partial charge in [-0.3, -0.25) is 9.59 Å². The normalized spacial score (nSPS) is 11.7. The highest BCUT2D eigenvalue weighted by Gasteiger charge is 2.21. The Morgan fingerprint density at radius 2 is 1.81 bits per heavy atom. The van der Waals surface area contributed by atoms with Crippen molar-refractivity contribution in [3.8, 4) is 10.6 Å². The first kappa shape index (κ1) is 18.1. The number of nitrogens with one attached hydrogen (secondary N) is 1. The lowest BCUT2D eigenvalue weighted by molar-refractivity contribution is -0.138. The minimum absolute atomic E-state index is 0.0167. The van der Waals surface area contributed by atoms with Gasteiger partial charge in [0.1, 0.15) is 10.7 Å². The Morgan fingerprint density at radius 1 is 1.12 bits per heavy atom. The van der Waals surface area contributed by atoms with Gasteiger partial charge in [0.15, 0.2) is 0 Å². The molecule has 0 radical (unpaired) electrons. The zero-order valence-corrected chi connectivity index (χ0v) is 15.1. The summed E-state index contributed by atoms with van der Waals surface area (Å²) in [6, 6.07) is 16.1.